The summed E-state index contributed by atoms with van der Waals surface area (Å²) in [4.78, 5) is 29.2. The standard InChI is InChI=1S/C24H27N3O6S/c1-5-27(6-2)34(30,31)18-11-9-17(10-12-18)26-22-19-14-16(23(28)32-4)8-13-21(19)25-15-20(22)24(29)33-7-3/h8-15H,5-7H2,1-4H3,(H,25,26). The van der Waals surface area contributed by atoms with E-state index in [2.05, 4.69) is 10.3 Å². The summed E-state index contributed by atoms with van der Waals surface area (Å²) in [6, 6.07) is 11.1. The van der Waals surface area contributed by atoms with Crippen molar-refractivity contribution in [3.63, 3.8) is 0 Å². The number of ether oxygens (including phenoxy) is 2. The third-order valence-electron chi connectivity index (χ3n) is 5.25. The molecule has 9 nitrogen and oxygen atoms in total. The van der Waals surface area contributed by atoms with Crippen molar-refractivity contribution < 1.29 is 27.5 Å². The highest BCUT2D eigenvalue weighted by molar-refractivity contribution is 7.89. The minimum atomic E-state index is -3.60. The van der Waals surface area contributed by atoms with Crippen LogP contribution in [0, 0.1) is 0 Å². The molecule has 1 aromatic heterocycles. The number of rotatable bonds is 9. The molecule has 0 atom stereocenters. The molecule has 0 spiro atoms. The Hall–Kier alpha value is -3.50. The number of methoxy groups -OCH3 is 1. The molecule has 0 fully saturated rings. The summed E-state index contributed by atoms with van der Waals surface area (Å²) in [6.07, 6.45) is 1.40. The molecule has 180 valence electrons. The van der Waals surface area contributed by atoms with Crippen molar-refractivity contribution in [1.82, 2.24) is 9.29 Å². The first kappa shape index (κ1) is 25.1. The number of hydrogen-bond donors (Lipinski definition) is 1. The van der Waals surface area contributed by atoms with Crippen molar-refractivity contribution >= 4 is 44.2 Å². The van der Waals surface area contributed by atoms with Crippen LogP contribution in [0.5, 0.6) is 0 Å². The average Bonchev–Trinajstić information content (AvgIpc) is 2.84. The molecule has 0 saturated carbocycles. The number of sulfonamides is 1. The Balaban J connectivity index is 2.09. The van der Waals surface area contributed by atoms with E-state index in [1.807, 2.05) is 0 Å². The molecule has 0 aliphatic heterocycles. The molecule has 3 rings (SSSR count). The second-order valence-corrected chi connectivity index (χ2v) is 9.17. The summed E-state index contributed by atoms with van der Waals surface area (Å²) in [5.74, 6) is -1.11. The van der Waals surface area contributed by atoms with E-state index >= 15 is 0 Å². The third-order valence-corrected chi connectivity index (χ3v) is 7.32. The molecule has 0 unspecified atom stereocenters. The van der Waals surface area contributed by atoms with E-state index in [-0.39, 0.29) is 17.1 Å². The Morgan fingerprint density at radius 2 is 1.68 bits per heavy atom. The predicted molar refractivity (Wildman–Crippen MR) is 129 cm³/mol. The van der Waals surface area contributed by atoms with Gasteiger partial charge in [-0.1, -0.05) is 13.8 Å². The van der Waals surface area contributed by atoms with Crippen molar-refractivity contribution in [2.45, 2.75) is 25.7 Å². The molecule has 2 aromatic carbocycles. The molecule has 0 bridgehead atoms. The fourth-order valence-electron chi connectivity index (χ4n) is 3.50. The van der Waals surface area contributed by atoms with Crippen molar-refractivity contribution in [3.05, 3.63) is 59.8 Å². The molecule has 34 heavy (non-hydrogen) atoms. The summed E-state index contributed by atoms with van der Waals surface area (Å²) in [6.45, 7) is 6.18. The van der Waals surface area contributed by atoms with E-state index in [1.54, 1.807) is 51.1 Å². The monoisotopic (exact) mass is 485 g/mol. The number of benzene rings is 2. The van der Waals surface area contributed by atoms with Crippen molar-refractivity contribution in [2.75, 3.05) is 32.1 Å². The second kappa shape index (κ2) is 10.6. The number of anilines is 2. The van der Waals surface area contributed by atoms with Crippen molar-refractivity contribution in [3.8, 4) is 0 Å². The van der Waals surface area contributed by atoms with Gasteiger partial charge in [0.25, 0.3) is 0 Å². The lowest BCUT2D eigenvalue weighted by Crippen LogP contribution is -2.30. The van der Waals surface area contributed by atoms with Crippen LogP contribution >= 0.6 is 0 Å². The Morgan fingerprint density at radius 1 is 1.00 bits per heavy atom. The molecule has 0 aliphatic rings. The van der Waals surface area contributed by atoms with Gasteiger partial charge < -0.3 is 14.8 Å². The lowest BCUT2D eigenvalue weighted by molar-refractivity contribution is 0.0526. The Labute approximate surface area is 198 Å². The summed E-state index contributed by atoms with van der Waals surface area (Å²) in [7, 11) is -2.32. The number of fused-ring (bicyclic) bond motifs is 1. The van der Waals surface area contributed by atoms with Gasteiger partial charge in [0, 0.05) is 30.4 Å². The van der Waals surface area contributed by atoms with Gasteiger partial charge >= 0.3 is 11.9 Å². The van der Waals surface area contributed by atoms with Gasteiger partial charge in [0.15, 0.2) is 0 Å². The SMILES string of the molecule is CCOC(=O)c1cnc2ccc(C(=O)OC)cc2c1Nc1ccc(S(=O)(=O)N(CC)CC)cc1. The highest BCUT2D eigenvalue weighted by atomic mass is 32.2. The van der Waals surface area contributed by atoms with Gasteiger partial charge in [-0.15, -0.1) is 0 Å². The number of nitrogens with zero attached hydrogens (tertiary/aromatic N) is 2. The first-order valence-electron chi connectivity index (χ1n) is 10.8. The minimum Gasteiger partial charge on any atom is -0.465 e. The van der Waals surface area contributed by atoms with Crippen LogP contribution in [0.2, 0.25) is 0 Å². The van der Waals surface area contributed by atoms with Gasteiger partial charge in [0.2, 0.25) is 10.0 Å². The van der Waals surface area contributed by atoms with E-state index in [1.165, 1.54) is 29.7 Å². The zero-order chi connectivity index (χ0) is 24.9. The normalized spacial score (nSPS) is 11.4. The van der Waals surface area contributed by atoms with Crippen LogP contribution in [0.1, 0.15) is 41.5 Å². The minimum absolute atomic E-state index is 0.167. The number of carbonyl (C=O) groups excluding carboxylic acids is 2. The Bertz CT molecular complexity index is 1300. The molecule has 1 heterocycles. The van der Waals surface area contributed by atoms with Crippen LogP contribution in [-0.4, -0.2) is 56.5 Å². The van der Waals surface area contributed by atoms with Gasteiger partial charge in [-0.2, -0.15) is 4.31 Å². The van der Waals surface area contributed by atoms with E-state index in [9.17, 15) is 18.0 Å². The molecular formula is C24H27N3O6S. The van der Waals surface area contributed by atoms with Crippen LogP contribution < -0.4 is 5.32 Å². The highest BCUT2D eigenvalue weighted by Crippen LogP contribution is 2.31. The molecule has 0 amide bonds. The molecule has 0 aliphatic carbocycles. The number of esters is 2. The smallest absolute Gasteiger partial charge is 0.341 e. The Morgan fingerprint density at radius 3 is 2.26 bits per heavy atom. The molecular weight excluding hydrogens is 458 g/mol. The maximum Gasteiger partial charge on any atom is 0.341 e. The second-order valence-electron chi connectivity index (χ2n) is 7.23. The topological polar surface area (TPSA) is 115 Å². The summed E-state index contributed by atoms with van der Waals surface area (Å²) in [5.41, 5.74) is 1.94. The quantitative estimate of drug-likeness (QED) is 0.453. The van der Waals surface area contributed by atoms with E-state index in [0.717, 1.165) is 0 Å². The van der Waals surface area contributed by atoms with E-state index in [0.29, 0.717) is 40.9 Å². The number of aromatic nitrogens is 1. The van der Waals surface area contributed by atoms with E-state index < -0.39 is 22.0 Å². The summed E-state index contributed by atoms with van der Waals surface area (Å²) >= 11 is 0. The van der Waals surface area contributed by atoms with Crippen LogP contribution in [0.15, 0.2) is 53.6 Å². The van der Waals surface area contributed by atoms with E-state index in [4.69, 9.17) is 9.47 Å². The predicted octanol–water partition coefficient (Wildman–Crippen LogP) is 3.97. The molecule has 1 N–H and O–H groups in total. The summed E-state index contributed by atoms with van der Waals surface area (Å²) in [5, 5.41) is 3.68. The molecule has 0 radical (unpaired) electrons. The first-order chi connectivity index (χ1) is 16.3. The maximum atomic E-state index is 12.8. The van der Waals surface area contributed by atoms with Gasteiger partial charge in [-0.25, -0.2) is 18.0 Å². The fourth-order valence-corrected chi connectivity index (χ4v) is 4.96. The largest absolute Gasteiger partial charge is 0.465 e. The number of nitrogens with one attached hydrogen (secondary N) is 1. The average molecular weight is 486 g/mol. The zero-order valence-electron chi connectivity index (χ0n) is 19.5. The van der Waals surface area contributed by atoms with Crippen molar-refractivity contribution in [2.24, 2.45) is 0 Å². The number of hydrogen-bond acceptors (Lipinski definition) is 8. The molecule has 10 heteroatoms. The van der Waals surface area contributed by atoms with Crippen LogP contribution in [0.25, 0.3) is 10.9 Å². The number of carbonyl (C=O) groups is 2. The lowest BCUT2D eigenvalue weighted by atomic mass is 10.1. The van der Waals surface area contributed by atoms with Crippen molar-refractivity contribution in [1.29, 1.82) is 0 Å². The number of pyridine rings is 1. The first-order valence-corrected chi connectivity index (χ1v) is 12.3. The third kappa shape index (κ3) is 5.02. The molecule has 0 saturated heterocycles. The van der Waals surface area contributed by atoms with Crippen LogP contribution in [-0.2, 0) is 19.5 Å². The lowest BCUT2D eigenvalue weighted by Gasteiger charge is -2.19. The Kier molecular flexibility index (Phi) is 7.85. The van der Waals surface area contributed by atoms with Gasteiger partial charge in [-0.05, 0) is 49.4 Å². The van der Waals surface area contributed by atoms with Gasteiger partial charge in [0.05, 0.1) is 35.4 Å². The highest BCUT2D eigenvalue weighted by Gasteiger charge is 2.22. The van der Waals surface area contributed by atoms with Gasteiger partial charge in [-0.3, -0.25) is 4.98 Å². The fraction of sp³-hybridized carbons (Fsp3) is 0.292. The van der Waals surface area contributed by atoms with Crippen LogP contribution in [0.4, 0.5) is 11.4 Å². The zero-order valence-corrected chi connectivity index (χ0v) is 20.3. The summed E-state index contributed by atoms with van der Waals surface area (Å²) < 4.78 is 36.9. The maximum absolute atomic E-state index is 12.8. The van der Waals surface area contributed by atoms with Crippen LogP contribution in [0.3, 0.4) is 0 Å². The molecule has 3 aromatic rings. The van der Waals surface area contributed by atoms with Gasteiger partial charge in [0.1, 0.15) is 5.56 Å².